The molecule has 2 saturated heterocycles. The minimum absolute atomic E-state index is 0.0281. The Kier molecular flexibility index (Phi) is 4.03. The van der Waals surface area contributed by atoms with Crippen LogP contribution >= 0.6 is 11.3 Å². The molecule has 2 amide bonds. The Morgan fingerprint density at radius 2 is 2.12 bits per heavy atom. The van der Waals surface area contributed by atoms with Crippen LogP contribution in [0.5, 0.6) is 0 Å². The predicted molar refractivity (Wildman–Crippen MR) is 94.1 cm³/mol. The second-order valence-electron chi connectivity index (χ2n) is 7.00. The van der Waals surface area contributed by atoms with E-state index in [2.05, 4.69) is 9.97 Å². The molecule has 130 valence electrons. The van der Waals surface area contributed by atoms with Gasteiger partial charge in [0.1, 0.15) is 0 Å². The highest BCUT2D eigenvalue weighted by molar-refractivity contribution is 7.09. The van der Waals surface area contributed by atoms with Crippen molar-refractivity contribution in [1.29, 1.82) is 0 Å². The van der Waals surface area contributed by atoms with Crippen LogP contribution in [0.3, 0.4) is 0 Å². The largest absolute Gasteiger partial charge is 0.338 e. The molecule has 0 unspecified atom stereocenters. The fourth-order valence-corrected chi connectivity index (χ4v) is 4.46. The summed E-state index contributed by atoms with van der Waals surface area (Å²) in [6, 6.07) is 3.48. The van der Waals surface area contributed by atoms with Crippen molar-refractivity contribution in [2.75, 3.05) is 19.6 Å². The maximum atomic E-state index is 12.6. The lowest BCUT2D eigenvalue weighted by Crippen LogP contribution is -2.34. The maximum absolute atomic E-state index is 12.6. The van der Waals surface area contributed by atoms with Gasteiger partial charge >= 0.3 is 0 Å². The molecule has 2 aliphatic rings. The van der Waals surface area contributed by atoms with Gasteiger partial charge in [0, 0.05) is 54.8 Å². The Morgan fingerprint density at radius 3 is 2.84 bits per heavy atom. The minimum atomic E-state index is -0.106. The molecule has 7 heteroatoms. The van der Waals surface area contributed by atoms with Gasteiger partial charge in [-0.1, -0.05) is 0 Å². The van der Waals surface area contributed by atoms with Crippen molar-refractivity contribution in [3.63, 3.8) is 0 Å². The zero-order valence-electron chi connectivity index (χ0n) is 14.1. The Bertz CT molecular complexity index is 806. The average Bonchev–Trinajstić information content (AvgIpc) is 3.29. The van der Waals surface area contributed by atoms with Crippen LogP contribution < -0.4 is 0 Å². The van der Waals surface area contributed by atoms with Crippen LogP contribution in [-0.2, 0) is 11.3 Å². The summed E-state index contributed by atoms with van der Waals surface area (Å²) in [5.74, 6) is 0.198. The summed E-state index contributed by atoms with van der Waals surface area (Å²) in [6.45, 7) is 4.61. The smallest absolute Gasteiger partial charge is 0.253 e. The van der Waals surface area contributed by atoms with Crippen molar-refractivity contribution in [3.8, 4) is 0 Å². The zero-order valence-corrected chi connectivity index (χ0v) is 15.0. The topological polar surface area (TPSA) is 66.4 Å². The van der Waals surface area contributed by atoms with Gasteiger partial charge in [0.05, 0.1) is 17.2 Å². The highest BCUT2D eigenvalue weighted by atomic mass is 32.1. The van der Waals surface area contributed by atoms with Crippen LogP contribution in [0.2, 0.25) is 0 Å². The lowest BCUT2D eigenvalue weighted by molar-refractivity contribution is -0.128. The summed E-state index contributed by atoms with van der Waals surface area (Å²) in [4.78, 5) is 37.3. The molecule has 4 heterocycles. The average molecular weight is 356 g/mol. The van der Waals surface area contributed by atoms with Crippen molar-refractivity contribution < 1.29 is 9.59 Å². The molecule has 0 radical (unpaired) electrons. The van der Waals surface area contributed by atoms with Crippen LogP contribution in [-0.4, -0.2) is 51.2 Å². The van der Waals surface area contributed by atoms with E-state index in [9.17, 15) is 9.59 Å². The molecule has 1 atom stereocenters. The SMILES string of the molecule is Cc1nc(CN2C[C@@]3(CCN(C(=O)c4ccncc4)C3)CC2=O)cs1. The van der Waals surface area contributed by atoms with E-state index in [1.165, 1.54) is 0 Å². The van der Waals surface area contributed by atoms with E-state index < -0.39 is 0 Å². The fourth-order valence-electron chi connectivity index (χ4n) is 3.86. The van der Waals surface area contributed by atoms with E-state index in [-0.39, 0.29) is 17.2 Å². The summed E-state index contributed by atoms with van der Waals surface area (Å²) in [7, 11) is 0. The lowest BCUT2D eigenvalue weighted by atomic mass is 9.86. The molecule has 25 heavy (non-hydrogen) atoms. The standard InChI is InChI=1S/C18H20N4O2S/c1-13-20-15(10-25-13)9-22-12-18(8-16(22)23)4-7-21(11-18)17(24)14-2-5-19-6-3-14/h2-3,5-6,10H,4,7-9,11-12H2,1H3/t18-/m0/s1. The van der Waals surface area contributed by atoms with E-state index in [1.807, 2.05) is 22.1 Å². The van der Waals surface area contributed by atoms with Gasteiger partial charge < -0.3 is 9.80 Å². The van der Waals surface area contributed by atoms with Crippen molar-refractivity contribution in [3.05, 3.63) is 46.2 Å². The Morgan fingerprint density at radius 1 is 1.32 bits per heavy atom. The Balaban J connectivity index is 1.43. The van der Waals surface area contributed by atoms with Gasteiger partial charge in [-0.25, -0.2) is 4.98 Å². The van der Waals surface area contributed by atoms with Crippen LogP contribution in [0.4, 0.5) is 0 Å². The normalized spacial score (nSPS) is 23.0. The number of pyridine rings is 1. The molecule has 0 N–H and O–H groups in total. The van der Waals surface area contributed by atoms with Crippen molar-refractivity contribution in [2.45, 2.75) is 26.3 Å². The molecule has 1 spiro atoms. The molecule has 0 bridgehead atoms. The molecule has 2 aromatic heterocycles. The molecule has 0 saturated carbocycles. The Hall–Kier alpha value is -2.28. The van der Waals surface area contributed by atoms with Crippen LogP contribution in [0.25, 0.3) is 0 Å². The highest BCUT2D eigenvalue weighted by Gasteiger charge is 2.48. The van der Waals surface area contributed by atoms with Crippen molar-refractivity contribution >= 4 is 23.2 Å². The molecule has 6 nitrogen and oxygen atoms in total. The summed E-state index contributed by atoms with van der Waals surface area (Å²) in [5.41, 5.74) is 1.51. The van der Waals surface area contributed by atoms with Gasteiger partial charge in [-0.15, -0.1) is 11.3 Å². The van der Waals surface area contributed by atoms with Gasteiger partial charge in [0.15, 0.2) is 0 Å². The second kappa shape index (κ2) is 6.22. The maximum Gasteiger partial charge on any atom is 0.253 e. The first-order chi connectivity index (χ1) is 12.0. The summed E-state index contributed by atoms with van der Waals surface area (Å²) in [6.07, 6.45) is 4.67. The summed E-state index contributed by atoms with van der Waals surface area (Å²) >= 11 is 1.61. The third-order valence-electron chi connectivity index (χ3n) is 5.08. The van der Waals surface area contributed by atoms with E-state index >= 15 is 0 Å². The lowest BCUT2D eigenvalue weighted by Gasteiger charge is -2.24. The molecule has 2 fully saturated rings. The predicted octanol–water partition coefficient (Wildman–Crippen LogP) is 2.11. The Labute approximate surface area is 150 Å². The number of amides is 2. The monoisotopic (exact) mass is 356 g/mol. The third kappa shape index (κ3) is 3.16. The van der Waals surface area contributed by atoms with Crippen LogP contribution in [0, 0.1) is 12.3 Å². The van der Waals surface area contributed by atoms with Gasteiger partial charge in [-0.05, 0) is 25.5 Å². The summed E-state index contributed by atoms with van der Waals surface area (Å²) < 4.78 is 0. The number of thiazole rings is 1. The van der Waals surface area contributed by atoms with E-state index in [0.717, 1.165) is 17.1 Å². The van der Waals surface area contributed by atoms with Crippen LogP contribution in [0.1, 0.15) is 33.9 Å². The van der Waals surface area contributed by atoms with Crippen molar-refractivity contribution in [1.82, 2.24) is 19.8 Å². The van der Waals surface area contributed by atoms with Gasteiger partial charge in [-0.3, -0.25) is 14.6 Å². The highest BCUT2D eigenvalue weighted by Crippen LogP contribution is 2.41. The molecule has 0 aromatic carbocycles. The molecule has 2 aromatic rings. The summed E-state index contributed by atoms with van der Waals surface area (Å²) in [5, 5.41) is 3.04. The first-order valence-corrected chi connectivity index (χ1v) is 9.31. The number of nitrogens with zero attached hydrogens (tertiary/aromatic N) is 4. The molecular formula is C18H20N4O2S. The third-order valence-corrected chi connectivity index (χ3v) is 5.90. The molecule has 0 aliphatic carbocycles. The van der Waals surface area contributed by atoms with Crippen molar-refractivity contribution in [2.24, 2.45) is 5.41 Å². The fraction of sp³-hybridized carbons (Fsp3) is 0.444. The number of aromatic nitrogens is 2. The molecular weight excluding hydrogens is 336 g/mol. The second-order valence-corrected chi connectivity index (χ2v) is 8.06. The quantitative estimate of drug-likeness (QED) is 0.845. The van der Waals surface area contributed by atoms with Gasteiger partial charge in [0.2, 0.25) is 5.91 Å². The molecule has 2 aliphatic heterocycles. The number of hydrogen-bond acceptors (Lipinski definition) is 5. The number of rotatable bonds is 3. The first-order valence-electron chi connectivity index (χ1n) is 8.43. The van der Waals surface area contributed by atoms with Crippen LogP contribution in [0.15, 0.2) is 29.9 Å². The van der Waals surface area contributed by atoms with Gasteiger partial charge in [0.25, 0.3) is 5.91 Å². The van der Waals surface area contributed by atoms with E-state index in [0.29, 0.717) is 38.2 Å². The van der Waals surface area contributed by atoms with E-state index in [1.54, 1.807) is 35.9 Å². The number of carbonyl (C=O) groups excluding carboxylic acids is 2. The minimum Gasteiger partial charge on any atom is -0.338 e. The van der Waals surface area contributed by atoms with E-state index in [4.69, 9.17) is 0 Å². The van der Waals surface area contributed by atoms with Gasteiger partial charge in [-0.2, -0.15) is 0 Å². The zero-order chi connectivity index (χ0) is 17.4. The number of likely N-dealkylation sites (tertiary alicyclic amines) is 2. The number of hydrogen-bond donors (Lipinski definition) is 0. The number of carbonyl (C=O) groups is 2. The first kappa shape index (κ1) is 16.2. The molecule has 4 rings (SSSR count). The number of aryl methyl sites for hydroxylation is 1.